The first-order chi connectivity index (χ1) is 15.2. The molecule has 1 unspecified atom stereocenters. The predicted octanol–water partition coefficient (Wildman–Crippen LogP) is 5.45. The van der Waals surface area contributed by atoms with E-state index >= 15 is 0 Å². The van der Waals surface area contributed by atoms with Crippen molar-refractivity contribution in [1.82, 2.24) is 9.88 Å². The van der Waals surface area contributed by atoms with Crippen molar-refractivity contribution in [3.63, 3.8) is 0 Å². The summed E-state index contributed by atoms with van der Waals surface area (Å²) in [4.78, 5) is 21.1. The quantitative estimate of drug-likeness (QED) is 0.520. The summed E-state index contributed by atoms with van der Waals surface area (Å²) in [6, 6.07) is 19.4. The lowest BCUT2D eigenvalue weighted by Crippen LogP contribution is -2.44. The molecule has 0 spiro atoms. The molecule has 1 fully saturated rings. The van der Waals surface area contributed by atoms with Crippen molar-refractivity contribution in [2.75, 3.05) is 13.2 Å². The first-order valence-electron chi connectivity index (χ1n) is 10.6. The highest BCUT2D eigenvalue weighted by atomic mass is 32.1. The molecule has 0 bridgehead atoms. The number of aryl methyl sites for hydroxylation is 1. The van der Waals surface area contributed by atoms with Crippen molar-refractivity contribution < 1.29 is 9.53 Å². The Bertz CT molecular complexity index is 1090. The summed E-state index contributed by atoms with van der Waals surface area (Å²) in [6.07, 6.45) is 3.85. The number of benzene rings is 2. The van der Waals surface area contributed by atoms with Crippen molar-refractivity contribution in [1.29, 1.82) is 5.26 Å². The van der Waals surface area contributed by atoms with Gasteiger partial charge in [-0.25, -0.2) is 4.98 Å². The van der Waals surface area contributed by atoms with Crippen LogP contribution in [0.4, 0.5) is 0 Å². The summed E-state index contributed by atoms with van der Waals surface area (Å²) >= 11 is 1.57. The standard InChI is InChI=1S/C25H25N3O2S/c1-18-27-23(24(31-18)20-9-3-2-4-10-20)25(29)28-14-6-5-11-21(28)13-15-30-22-12-7-8-19(16-22)17-26/h2-4,7-10,12,16,21H,5-6,11,13-15H2,1H3. The number of likely N-dealkylation sites (tertiary alicyclic amines) is 1. The fraction of sp³-hybridized carbons (Fsp3) is 0.320. The Kier molecular flexibility index (Phi) is 6.63. The number of nitrogens with zero attached hydrogens (tertiary/aromatic N) is 3. The molecule has 1 saturated heterocycles. The average molecular weight is 432 g/mol. The van der Waals surface area contributed by atoms with E-state index in [0.717, 1.165) is 47.7 Å². The number of ether oxygens (including phenoxy) is 1. The van der Waals surface area contributed by atoms with Gasteiger partial charge < -0.3 is 9.64 Å². The van der Waals surface area contributed by atoms with Crippen LogP contribution in [0, 0.1) is 18.3 Å². The molecule has 1 amide bonds. The predicted molar refractivity (Wildman–Crippen MR) is 122 cm³/mol. The maximum Gasteiger partial charge on any atom is 0.274 e. The van der Waals surface area contributed by atoms with E-state index in [1.54, 1.807) is 23.5 Å². The zero-order valence-electron chi connectivity index (χ0n) is 17.6. The van der Waals surface area contributed by atoms with E-state index in [9.17, 15) is 4.79 Å². The van der Waals surface area contributed by atoms with Crippen LogP contribution in [-0.4, -0.2) is 35.0 Å². The number of amides is 1. The van der Waals surface area contributed by atoms with Crippen molar-refractivity contribution in [2.24, 2.45) is 0 Å². The zero-order valence-corrected chi connectivity index (χ0v) is 18.4. The van der Waals surface area contributed by atoms with Crippen LogP contribution in [0.15, 0.2) is 54.6 Å². The topological polar surface area (TPSA) is 66.2 Å². The number of hydrogen-bond acceptors (Lipinski definition) is 5. The van der Waals surface area contributed by atoms with E-state index in [1.807, 2.05) is 54.3 Å². The number of thiazole rings is 1. The summed E-state index contributed by atoms with van der Waals surface area (Å²) in [5, 5.41) is 9.95. The van der Waals surface area contributed by atoms with Gasteiger partial charge in [0, 0.05) is 19.0 Å². The first-order valence-corrected chi connectivity index (χ1v) is 11.4. The zero-order chi connectivity index (χ0) is 21.6. The third-order valence-corrected chi connectivity index (χ3v) is 6.56. The van der Waals surface area contributed by atoms with Crippen LogP contribution in [0.2, 0.25) is 0 Å². The Morgan fingerprint density at radius 1 is 1.23 bits per heavy atom. The number of carbonyl (C=O) groups is 1. The largest absolute Gasteiger partial charge is 0.493 e. The van der Waals surface area contributed by atoms with Crippen LogP contribution in [0.25, 0.3) is 10.4 Å². The highest BCUT2D eigenvalue weighted by Gasteiger charge is 2.30. The summed E-state index contributed by atoms with van der Waals surface area (Å²) < 4.78 is 5.88. The average Bonchev–Trinajstić information content (AvgIpc) is 3.21. The molecule has 1 aliphatic heterocycles. The molecule has 0 saturated carbocycles. The smallest absolute Gasteiger partial charge is 0.274 e. The Hall–Kier alpha value is -3.17. The highest BCUT2D eigenvalue weighted by Crippen LogP contribution is 2.32. The maximum absolute atomic E-state index is 13.5. The summed E-state index contributed by atoms with van der Waals surface area (Å²) in [7, 11) is 0. The third kappa shape index (κ3) is 4.95. The Morgan fingerprint density at radius 2 is 2.06 bits per heavy atom. The van der Waals surface area contributed by atoms with Gasteiger partial charge >= 0.3 is 0 Å². The van der Waals surface area contributed by atoms with E-state index in [4.69, 9.17) is 10.00 Å². The number of piperidine rings is 1. The molecule has 1 atom stereocenters. The molecular weight excluding hydrogens is 406 g/mol. The van der Waals surface area contributed by atoms with Crippen LogP contribution in [0.5, 0.6) is 5.75 Å². The fourth-order valence-electron chi connectivity index (χ4n) is 4.03. The second-order valence-corrected chi connectivity index (χ2v) is 8.90. The molecule has 1 aliphatic rings. The normalized spacial score (nSPS) is 16.0. The Morgan fingerprint density at radius 3 is 2.87 bits per heavy atom. The summed E-state index contributed by atoms with van der Waals surface area (Å²) in [5.41, 5.74) is 2.17. The van der Waals surface area contributed by atoms with Gasteiger partial charge in [-0.2, -0.15) is 5.26 Å². The van der Waals surface area contributed by atoms with Crippen molar-refractivity contribution in [3.05, 3.63) is 70.9 Å². The summed E-state index contributed by atoms with van der Waals surface area (Å²) in [5.74, 6) is 0.702. The minimum absolute atomic E-state index is 0.0133. The molecule has 6 heteroatoms. The second kappa shape index (κ2) is 9.76. The van der Waals surface area contributed by atoms with Crippen molar-refractivity contribution in [2.45, 2.75) is 38.6 Å². The molecule has 31 heavy (non-hydrogen) atoms. The molecular formula is C25H25N3O2S. The summed E-state index contributed by atoms with van der Waals surface area (Å²) in [6.45, 7) is 3.20. The Balaban J connectivity index is 1.47. The SMILES string of the molecule is Cc1nc(C(=O)N2CCCCC2CCOc2cccc(C#N)c2)c(-c2ccccc2)s1. The molecule has 2 heterocycles. The minimum atomic E-state index is 0.0133. The molecule has 5 nitrogen and oxygen atoms in total. The molecule has 2 aromatic carbocycles. The van der Waals surface area contributed by atoms with Gasteiger partial charge in [0.1, 0.15) is 11.4 Å². The second-order valence-electron chi connectivity index (χ2n) is 7.70. The van der Waals surface area contributed by atoms with Gasteiger partial charge in [-0.05, 0) is 49.9 Å². The van der Waals surface area contributed by atoms with Gasteiger partial charge in [0.05, 0.1) is 28.1 Å². The molecule has 4 rings (SSSR count). The lowest BCUT2D eigenvalue weighted by atomic mass is 9.98. The molecule has 0 aliphatic carbocycles. The molecule has 0 radical (unpaired) electrons. The molecule has 158 valence electrons. The van der Waals surface area contributed by atoms with Crippen molar-refractivity contribution >= 4 is 17.2 Å². The van der Waals surface area contributed by atoms with Crippen LogP contribution in [0.1, 0.15) is 46.7 Å². The van der Waals surface area contributed by atoms with Crippen LogP contribution in [-0.2, 0) is 0 Å². The van der Waals surface area contributed by atoms with E-state index in [-0.39, 0.29) is 11.9 Å². The molecule has 1 aromatic heterocycles. The van der Waals surface area contributed by atoms with Crippen LogP contribution >= 0.6 is 11.3 Å². The van der Waals surface area contributed by atoms with E-state index in [2.05, 4.69) is 11.1 Å². The lowest BCUT2D eigenvalue weighted by Gasteiger charge is -2.35. The van der Waals surface area contributed by atoms with Crippen molar-refractivity contribution in [3.8, 4) is 22.3 Å². The van der Waals surface area contributed by atoms with Crippen LogP contribution < -0.4 is 4.74 Å². The molecule has 0 N–H and O–H groups in total. The molecule has 3 aromatic rings. The fourth-order valence-corrected chi connectivity index (χ4v) is 4.95. The van der Waals surface area contributed by atoms with Gasteiger partial charge in [-0.3, -0.25) is 4.79 Å². The number of carbonyl (C=O) groups excluding carboxylic acids is 1. The minimum Gasteiger partial charge on any atom is -0.493 e. The van der Waals surface area contributed by atoms with Gasteiger partial charge in [0.15, 0.2) is 0 Å². The first kappa shape index (κ1) is 21.1. The van der Waals surface area contributed by atoms with Gasteiger partial charge in [-0.1, -0.05) is 36.4 Å². The van der Waals surface area contributed by atoms with E-state index in [0.29, 0.717) is 23.6 Å². The van der Waals surface area contributed by atoms with Gasteiger partial charge in [0.2, 0.25) is 0 Å². The number of nitriles is 1. The van der Waals surface area contributed by atoms with Gasteiger partial charge in [0.25, 0.3) is 5.91 Å². The van der Waals surface area contributed by atoms with Crippen LogP contribution in [0.3, 0.4) is 0 Å². The number of hydrogen-bond donors (Lipinski definition) is 0. The van der Waals surface area contributed by atoms with E-state index < -0.39 is 0 Å². The lowest BCUT2D eigenvalue weighted by molar-refractivity contribution is 0.0576. The maximum atomic E-state index is 13.5. The van der Waals surface area contributed by atoms with Gasteiger partial charge in [-0.15, -0.1) is 11.3 Å². The highest BCUT2D eigenvalue weighted by molar-refractivity contribution is 7.15. The Labute approximate surface area is 186 Å². The monoisotopic (exact) mass is 431 g/mol. The number of aromatic nitrogens is 1. The van der Waals surface area contributed by atoms with E-state index in [1.165, 1.54) is 0 Å². The number of rotatable bonds is 6. The third-order valence-electron chi connectivity index (χ3n) is 5.54.